The minimum atomic E-state index is -4.01. The van der Waals surface area contributed by atoms with Crippen LogP contribution in [0.3, 0.4) is 0 Å². The summed E-state index contributed by atoms with van der Waals surface area (Å²) in [6, 6.07) is 10.2. The first-order valence-electron chi connectivity index (χ1n) is 8.05. The van der Waals surface area contributed by atoms with Gasteiger partial charge in [-0.1, -0.05) is 12.1 Å². The van der Waals surface area contributed by atoms with E-state index in [-0.39, 0.29) is 5.03 Å². The number of rotatable bonds is 4. The number of nitrogens with zero attached hydrogens (tertiary/aromatic N) is 2. The summed E-state index contributed by atoms with van der Waals surface area (Å²) in [6.45, 7) is 3.12. The average molecular weight is 360 g/mol. The fraction of sp³-hybridized carbons (Fsp3) is 0.294. The van der Waals surface area contributed by atoms with Gasteiger partial charge >= 0.3 is 6.03 Å². The summed E-state index contributed by atoms with van der Waals surface area (Å²) < 4.78 is 26.9. The maximum Gasteiger partial charge on any atom is 0.331 e. The Bertz CT molecular complexity index is 877. The minimum Gasteiger partial charge on any atom is -0.355 e. The molecule has 1 aliphatic rings. The van der Waals surface area contributed by atoms with Gasteiger partial charge in [-0.15, -0.1) is 0 Å². The highest BCUT2D eigenvalue weighted by Gasteiger charge is 2.25. The minimum absolute atomic E-state index is 0.197. The summed E-state index contributed by atoms with van der Waals surface area (Å²) in [4.78, 5) is 17.4. The molecule has 0 unspecified atom stereocenters. The summed E-state index contributed by atoms with van der Waals surface area (Å²) in [7, 11) is -4.01. The number of pyridine rings is 1. The predicted molar refractivity (Wildman–Crippen MR) is 95.2 cm³/mol. The number of aryl methyl sites for hydroxylation is 1. The van der Waals surface area contributed by atoms with Crippen LogP contribution in [0.4, 0.5) is 16.2 Å². The molecule has 7 nitrogen and oxygen atoms in total. The van der Waals surface area contributed by atoms with E-state index in [1.165, 1.54) is 17.2 Å². The molecule has 0 bridgehead atoms. The van der Waals surface area contributed by atoms with Crippen LogP contribution in [0.25, 0.3) is 0 Å². The number of likely N-dealkylation sites (tertiary alicyclic amines) is 1. The van der Waals surface area contributed by atoms with E-state index in [4.69, 9.17) is 0 Å². The lowest BCUT2D eigenvalue weighted by atomic mass is 10.2. The van der Waals surface area contributed by atoms with E-state index in [1.54, 1.807) is 6.07 Å². The fourth-order valence-electron chi connectivity index (χ4n) is 2.68. The highest BCUT2D eigenvalue weighted by atomic mass is 32.2. The Labute approximate surface area is 147 Å². The van der Waals surface area contributed by atoms with Gasteiger partial charge in [0, 0.05) is 36.7 Å². The summed E-state index contributed by atoms with van der Waals surface area (Å²) in [5.41, 5.74) is 2.51. The van der Waals surface area contributed by atoms with E-state index in [1.807, 2.05) is 31.2 Å². The summed E-state index contributed by atoms with van der Waals surface area (Å²) in [5, 5.41) is 2.94. The highest BCUT2D eigenvalue weighted by Crippen LogP contribution is 2.19. The van der Waals surface area contributed by atoms with Crippen molar-refractivity contribution in [2.75, 3.05) is 18.4 Å². The number of carbonyl (C=O) groups excluding carboxylic acids is 1. The van der Waals surface area contributed by atoms with Gasteiger partial charge in [0.15, 0.2) is 5.03 Å². The van der Waals surface area contributed by atoms with Crippen molar-refractivity contribution >= 4 is 27.4 Å². The zero-order valence-electron chi connectivity index (χ0n) is 13.9. The molecular formula is C17H20N4O3S. The molecule has 0 radical (unpaired) electrons. The third-order valence-electron chi connectivity index (χ3n) is 3.93. The standard InChI is InChI=1S/C17H20N4O3S/c1-13-5-4-6-14(11-13)19-15-7-8-18-16(12-15)25(23,24)20-17(22)21-9-2-3-10-21/h4-8,11-12H,2-3,9-10H2,1H3,(H,18,19)(H,20,22). The molecule has 2 amide bonds. The average Bonchev–Trinajstić information content (AvgIpc) is 3.09. The number of hydrogen-bond donors (Lipinski definition) is 2. The van der Waals surface area contributed by atoms with Gasteiger partial charge in [-0.3, -0.25) is 0 Å². The Balaban J connectivity index is 1.76. The lowest BCUT2D eigenvalue weighted by molar-refractivity contribution is 0.214. The number of hydrogen-bond acceptors (Lipinski definition) is 5. The van der Waals surface area contributed by atoms with E-state index in [0.29, 0.717) is 18.8 Å². The van der Waals surface area contributed by atoms with Crippen molar-refractivity contribution in [3.8, 4) is 0 Å². The number of benzene rings is 1. The first kappa shape index (κ1) is 17.2. The molecule has 1 aliphatic heterocycles. The molecule has 0 saturated carbocycles. The van der Waals surface area contributed by atoms with Crippen molar-refractivity contribution in [1.29, 1.82) is 0 Å². The summed E-state index contributed by atoms with van der Waals surface area (Å²) >= 11 is 0. The Morgan fingerprint density at radius 1 is 1.12 bits per heavy atom. The van der Waals surface area contributed by atoms with Crippen molar-refractivity contribution in [3.63, 3.8) is 0 Å². The third-order valence-corrected chi connectivity index (χ3v) is 5.15. The van der Waals surface area contributed by atoms with Crippen molar-refractivity contribution in [2.45, 2.75) is 24.8 Å². The van der Waals surface area contributed by atoms with Crippen LogP contribution < -0.4 is 10.0 Å². The molecule has 2 heterocycles. The first-order valence-corrected chi connectivity index (χ1v) is 9.54. The van der Waals surface area contributed by atoms with Crippen LogP contribution in [0.15, 0.2) is 47.6 Å². The van der Waals surface area contributed by atoms with Crippen LogP contribution >= 0.6 is 0 Å². The van der Waals surface area contributed by atoms with E-state index < -0.39 is 16.1 Å². The van der Waals surface area contributed by atoms with Crippen molar-refractivity contribution in [3.05, 3.63) is 48.2 Å². The van der Waals surface area contributed by atoms with Gasteiger partial charge in [0.25, 0.3) is 10.0 Å². The van der Waals surface area contributed by atoms with E-state index >= 15 is 0 Å². The van der Waals surface area contributed by atoms with Crippen LogP contribution in [-0.4, -0.2) is 37.4 Å². The second-order valence-corrected chi connectivity index (χ2v) is 7.61. The number of sulfonamides is 1. The monoisotopic (exact) mass is 360 g/mol. The van der Waals surface area contributed by atoms with Gasteiger partial charge in [0.05, 0.1) is 0 Å². The number of carbonyl (C=O) groups is 1. The lowest BCUT2D eigenvalue weighted by Gasteiger charge is -2.16. The summed E-state index contributed by atoms with van der Waals surface area (Å²) in [5.74, 6) is 0. The van der Waals surface area contributed by atoms with Gasteiger partial charge in [-0.2, -0.15) is 8.42 Å². The summed E-state index contributed by atoms with van der Waals surface area (Å²) in [6.07, 6.45) is 3.18. The molecular weight excluding hydrogens is 340 g/mol. The number of aromatic nitrogens is 1. The van der Waals surface area contributed by atoms with Crippen LogP contribution in [-0.2, 0) is 10.0 Å². The van der Waals surface area contributed by atoms with Crippen molar-refractivity contribution < 1.29 is 13.2 Å². The van der Waals surface area contributed by atoms with Crippen LogP contribution in [0.2, 0.25) is 0 Å². The molecule has 25 heavy (non-hydrogen) atoms. The predicted octanol–water partition coefficient (Wildman–Crippen LogP) is 2.63. The van der Waals surface area contributed by atoms with E-state index in [9.17, 15) is 13.2 Å². The second-order valence-electron chi connectivity index (χ2n) is 5.98. The van der Waals surface area contributed by atoms with E-state index in [2.05, 4.69) is 15.0 Å². The molecule has 2 aromatic rings. The highest BCUT2D eigenvalue weighted by molar-refractivity contribution is 7.90. The van der Waals surface area contributed by atoms with Crippen molar-refractivity contribution in [1.82, 2.24) is 14.6 Å². The smallest absolute Gasteiger partial charge is 0.331 e. The van der Waals surface area contributed by atoms with Crippen LogP contribution in [0, 0.1) is 6.92 Å². The van der Waals surface area contributed by atoms with Crippen LogP contribution in [0.1, 0.15) is 18.4 Å². The Kier molecular flexibility index (Phi) is 4.89. The van der Waals surface area contributed by atoms with Crippen LogP contribution in [0.5, 0.6) is 0 Å². The number of amides is 2. The molecule has 0 aliphatic carbocycles. The molecule has 0 atom stereocenters. The molecule has 1 fully saturated rings. The van der Waals surface area contributed by atoms with Crippen molar-refractivity contribution in [2.24, 2.45) is 0 Å². The maximum absolute atomic E-state index is 12.4. The lowest BCUT2D eigenvalue weighted by Crippen LogP contribution is -2.41. The topological polar surface area (TPSA) is 91.4 Å². The SMILES string of the molecule is Cc1cccc(Nc2ccnc(S(=O)(=O)NC(=O)N3CCCC3)c2)c1. The molecule has 1 aromatic carbocycles. The Morgan fingerprint density at radius 2 is 1.84 bits per heavy atom. The largest absolute Gasteiger partial charge is 0.355 e. The van der Waals surface area contributed by atoms with Gasteiger partial charge in [-0.05, 0) is 43.5 Å². The number of anilines is 2. The number of urea groups is 1. The van der Waals surface area contributed by atoms with Gasteiger partial charge < -0.3 is 10.2 Å². The fourth-order valence-corrected chi connectivity index (χ4v) is 3.62. The van der Waals surface area contributed by atoms with E-state index in [0.717, 1.165) is 24.1 Å². The third kappa shape index (κ3) is 4.27. The Hall–Kier alpha value is -2.61. The normalized spacial score (nSPS) is 14.4. The van der Waals surface area contributed by atoms with Gasteiger partial charge in [0.1, 0.15) is 0 Å². The zero-order valence-corrected chi connectivity index (χ0v) is 14.7. The first-order chi connectivity index (χ1) is 11.9. The quantitative estimate of drug-likeness (QED) is 0.874. The molecule has 8 heteroatoms. The Morgan fingerprint density at radius 3 is 2.56 bits per heavy atom. The second kappa shape index (κ2) is 7.10. The molecule has 1 aromatic heterocycles. The molecule has 0 spiro atoms. The molecule has 3 rings (SSSR count). The number of nitrogens with one attached hydrogen (secondary N) is 2. The zero-order chi connectivity index (χ0) is 17.9. The molecule has 1 saturated heterocycles. The van der Waals surface area contributed by atoms with Gasteiger partial charge in [-0.25, -0.2) is 14.5 Å². The molecule has 2 N–H and O–H groups in total. The molecule has 132 valence electrons. The van der Waals surface area contributed by atoms with Gasteiger partial charge in [0.2, 0.25) is 0 Å². The maximum atomic E-state index is 12.4.